The molecule has 4 rings (SSSR count). The average molecular weight is 337 g/mol. The van der Waals surface area contributed by atoms with Gasteiger partial charge in [0.25, 0.3) is 5.91 Å². The van der Waals surface area contributed by atoms with Gasteiger partial charge in [-0.1, -0.05) is 6.07 Å². The van der Waals surface area contributed by atoms with E-state index in [9.17, 15) is 9.90 Å². The van der Waals surface area contributed by atoms with Crippen molar-refractivity contribution in [2.24, 2.45) is 5.92 Å². The number of hydrogen-bond donors (Lipinski definition) is 2. The molecule has 0 radical (unpaired) electrons. The monoisotopic (exact) mass is 337 g/mol. The van der Waals surface area contributed by atoms with E-state index < -0.39 is 0 Å². The minimum Gasteiger partial charge on any atom is -0.393 e. The van der Waals surface area contributed by atoms with Gasteiger partial charge in [-0.05, 0) is 43.0 Å². The minimum atomic E-state index is -0.270. The normalized spacial score (nSPS) is 20.8. The third-order valence-electron chi connectivity index (χ3n) is 4.76. The average Bonchev–Trinajstić information content (AvgIpc) is 3.08. The lowest BCUT2D eigenvalue weighted by Crippen LogP contribution is -2.48. The lowest BCUT2D eigenvalue weighted by molar-refractivity contribution is 0.0238. The van der Waals surface area contributed by atoms with Crippen molar-refractivity contribution in [3.05, 3.63) is 60.3 Å². The first-order valence-electron chi connectivity index (χ1n) is 8.38. The van der Waals surface area contributed by atoms with Crippen molar-refractivity contribution in [1.82, 2.24) is 24.9 Å². The SMILES string of the molecule is O=C(N[C@H](Cc1ccccn1)C1CC(O)C1)c1cccn2cnnc12. The Morgan fingerprint density at radius 2 is 2.20 bits per heavy atom. The molecule has 1 aliphatic carbocycles. The van der Waals surface area contributed by atoms with E-state index in [4.69, 9.17) is 0 Å². The van der Waals surface area contributed by atoms with E-state index in [1.165, 1.54) is 0 Å². The van der Waals surface area contributed by atoms with Crippen LogP contribution in [0.3, 0.4) is 0 Å². The fraction of sp³-hybridized carbons (Fsp3) is 0.333. The molecule has 1 atom stereocenters. The summed E-state index contributed by atoms with van der Waals surface area (Å²) in [4.78, 5) is 17.2. The van der Waals surface area contributed by atoms with E-state index in [0.29, 0.717) is 30.5 Å². The second-order valence-electron chi connectivity index (χ2n) is 6.47. The molecule has 0 aliphatic heterocycles. The van der Waals surface area contributed by atoms with Crippen LogP contribution in [0.1, 0.15) is 28.9 Å². The van der Waals surface area contributed by atoms with Gasteiger partial charge >= 0.3 is 0 Å². The van der Waals surface area contributed by atoms with E-state index in [-0.39, 0.29) is 24.0 Å². The molecule has 1 amide bonds. The summed E-state index contributed by atoms with van der Waals surface area (Å²) in [6.07, 6.45) is 6.90. The van der Waals surface area contributed by atoms with Gasteiger partial charge in [-0.15, -0.1) is 10.2 Å². The number of hydrogen-bond acceptors (Lipinski definition) is 5. The van der Waals surface area contributed by atoms with Crippen LogP contribution < -0.4 is 5.32 Å². The molecule has 0 unspecified atom stereocenters. The third kappa shape index (κ3) is 3.23. The zero-order chi connectivity index (χ0) is 17.2. The topological polar surface area (TPSA) is 92.4 Å². The van der Waals surface area contributed by atoms with Gasteiger partial charge in [0.15, 0.2) is 5.65 Å². The maximum absolute atomic E-state index is 12.8. The number of carbonyl (C=O) groups excluding carboxylic acids is 1. The van der Waals surface area contributed by atoms with Gasteiger partial charge in [0.2, 0.25) is 0 Å². The Morgan fingerprint density at radius 3 is 2.96 bits per heavy atom. The van der Waals surface area contributed by atoms with Gasteiger partial charge in [0.05, 0.1) is 11.7 Å². The van der Waals surface area contributed by atoms with Crippen LogP contribution in [-0.4, -0.2) is 42.7 Å². The highest BCUT2D eigenvalue weighted by Crippen LogP contribution is 2.31. The fourth-order valence-corrected chi connectivity index (χ4v) is 3.31. The summed E-state index contributed by atoms with van der Waals surface area (Å²) in [5, 5.41) is 20.6. The van der Waals surface area contributed by atoms with Crippen LogP contribution in [-0.2, 0) is 6.42 Å². The van der Waals surface area contributed by atoms with Crippen LogP contribution >= 0.6 is 0 Å². The van der Waals surface area contributed by atoms with Crippen molar-refractivity contribution >= 4 is 11.6 Å². The van der Waals surface area contributed by atoms with Crippen LogP contribution in [0.15, 0.2) is 49.1 Å². The maximum atomic E-state index is 12.8. The summed E-state index contributed by atoms with van der Waals surface area (Å²) in [6.45, 7) is 0. The van der Waals surface area contributed by atoms with Crippen molar-refractivity contribution in [1.29, 1.82) is 0 Å². The first-order valence-corrected chi connectivity index (χ1v) is 8.38. The highest BCUT2D eigenvalue weighted by molar-refractivity contribution is 5.99. The van der Waals surface area contributed by atoms with Crippen molar-refractivity contribution in [2.75, 3.05) is 0 Å². The Labute approximate surface area is 144 Å². The largest absolute Gasteiger partial charge is 0.393 e. The van der Waals surface area contributed by atoms with Gasteiger partial charge < -0.3 is 10.4 Å². The number of aliphatic hydroxyl groups is 1. The Hall–Kier alpha value is -2.80. The van der Waals surface area contributed by atoms with Crippen molar-refractivity contribution in [3.63, 3.8) is 0 Å². The van der Waals surface area contributed by atoms with Crippen LogP contribution in [0.4, 0.5) is 0 Å². The lowest BCUT2D eigenvalue weighted by atomic mass is 9.76. The van der Waals surface area contributed by atoms with E-state index in [1.807, 2.05) is 18.2 Å². The molecular formula is C18H19N5O2. The van der Waals surface area contributed by atoms with Crippen LogP contribution in [0, 0.1) is 5.92 Å². The first-order chi connectivity index (χ1) is 12.2. The molecule has 1 aliphatic rings. The second-order valence-corrected chi connectivity index (χ2v) is 6.47. The summed E-state index contributed by atoms with van der Waals surface area (Å²) >= 11 is 0. The molecule has 1 fully saturated rings. The zero-order valence-electron chi connectivity index (χ0n) is 13.6. The third-order valence-corrected chi connectivity index (χ3v) is 4.76. The quantitative estimate of drug-likeness (QED) is 0.731. The molecule has 0 bridgehead atoms. The number of rotatable bonds is 5. The molecule has 128 valence electrons. The smallest absolute Gasteiger partial charge is 0.255 e. The lowest BCUT2D eigenvalue weighted by Gasteiger charge is -2.38. The molecule has 3 aromatic heterocycles. The van der Waals surface area contributed by atoms with E-state index >= 15 is 0 Å². The molecule has 7 heteroatoms. The second kappa shape index (κ2) is 6.60. The number of pyridine rings is 2. The number of nitrogens with one attached hydrogen (secondary N) is 1. The number of fused-ring (bicyclic) bond motifs is 1. The van der Waals surface area contributed by atoms with E-state index in [0.717, 1.165) is 5.69 Å². The van der Waals surface area contributed by atoms with Crippen LogP contribution in [0.25, 0.3) is 5.65 Å². The Morgan fingerprint density at radius 1 is 1.32 bits per heavy atom. The molecule has 7 nitrogen and oxygen atoms in total. The van der Waals surface area contributed by atoms with Gasteiger partial charge in [0.1, 0.15) is 6.33 Å². The molecule has 0 aromatic carbocycles. The summed E-state index contributed by atoms with van der Waals surface area (Å²) < 4.78 is 1.72. The first kappa shape index (κ1) is 15.7. The van der Waals surface area contributed by atoms with E-state index in [1.54, 1.807) is 35.3 Å². The number of nitrogens with zero attached hydrogens (tertiary/aromatic N) is 4. The van der Waals surface area contributed by atoms with Crippen LogP contribution in [0.5, 0.6) is 0 Å². The Balaban J connectivity index is 1.55. The molecule has 0 saturated heterocycles. The number of aliphatic hydroxyl groups excluding tert-OH is 1. The minimum absolute atomic E-state index is 0.0750. The van der Waals surface area contributed by atoms with Crippen molar-refractivity contribution < 1.29 is 9.90 Å². The summed E-state index contributed by atoms with van der Waals surface area (Å²) in [6, 6.07) is 9.23. The van der Waals surface area contributed by atoms with Crippen LogP contribution in [0.2, 0.25) is 0 Å². The highest BCUT2D eigenvalue weighted by atomic mass is 16.3. The standard InChI is InChI=1S/C18H19N5O2/c24-14-8-12(9-14)16(10-13-4-1-2-6-19-13)21-18(25)15-5-3-7-23-11-20-22-17(15)23/h1-7,11-12,14,16,24H,8-10H2,(H,21,25)/t12?,14?,16-/m1/s1. The molecule has 0 spiro atoms. The molecular weight excluding hydrogens is 318 g/mol. The van der Waals surface area contributed by atoms with Gasteiger partial charge in [0, 0.05) is 30.6 Å². The maximum Gasteiger partial charge on any atom is 0.255 e. The van der Waals surface area contributed by atoms with Gasteiger partial charge in [-0.2, -0.15) is 0 Å². The molecule has 25 heavy (non-hydrogen) atoms. The Bertz CT molecular complexity index is 873. The summed E-state index contributed by atoms with van der Waals surface area (Å²) in [7, 11) is 0. The molecule has 3 heterocycles. The van der Waals surface area contributed by atoms with Crippen molar-refractivity contribution in [3.8, 4) is 0 Å². The molecule has 3 aromatic rings. The number of carbonyl (C=O) groups is 1. The van der Waals surface area contributed by atoms with Gasteiger partial charge in [-0.3, -0.25) is 14.2 Å². The predicted octanol–water partition coefficient (Wildman–Crippen LogP) is 1.24. The van der Waals surface area contributed by atoms with E-state index in [2.05, 4.69) is 20.5 Å². The Kier molecular flexibility index (Phi) is 4.15. The number of amides is 1. The fourth-order valence-electron chi connectivity index (χ4n) is 3.31. The summed E-state index contributed by atoms with van der Waals surface area (Å²) in [5.41, 5.74) is 1.95. The highest BCUT2D eigenvalue weighted by Gasteiger charge is 2.35. The molecule has 2 N–H and O–H groups in total. The predicted molar refractivity (Wildman–Crippen MR) is 90.9 cm³/mol. The summed E-state index contributed by atoms with van der Waals surface area (Å²) in [5.74, 6) is 0.0690. The molecule has 1 saturated carbocycles. The van der Waals surface area contributed by atoms with Gasteiger partial charge in [-0.25, -0.2) is 0 Å². The van der Waals surface area contributed by atoms with Crippen molar-refractivity contribution in [2.45, 2.75) is 31.4 Å². The zero-order valence-corrected chi connectivity index (χ0v) is 13.6. The number of aromatic nitrogens is 4.